The molecule has 132 valence electrons. The van der Waals surface area contributed by atoms with Crippen molar-refractivity contribution in [3.05, 3.63) is 96.1 Å². The van der Waals surface area contributed by atoms with Crippen LogP contribution in [0.15, 0.2) is 73.9 Å². The molecule has 3 heteroatoms. The van der Waals surface area contributed by atoms with Gasteiger partial charge in [-0.2, -0.15) is 0 Å². The largest absolute Gasteiger partial charge is 0.508 e. The zero-order valence-corrected chi connectivity index (χ0v) is 14.6. The fourth-order valence-electron chi connectivity index (χ4n) is 2.47. The standard InChI is InChI=1S/C23H22O3/c1-3-5-19-15-17(9-13-22(19)25)7-11-21(24)12-8-18-10-14-23(26)20(16-18)6-4-2/h3-4,7-16,25-26H,1-2,5-6H2/b11-7+,12-8+. The molecule has 0 saturated heterocycles. The number of phenolic OH excluding ortho intramolecular Hbond substituents is 2. The average molecular weight is 346 g/mol. The molecule has 0 aromatic heterocycles. The van der Waals surface area contributed by atoms with Gasteiger partial charge in [-0.05, 0) is 71.5 Å². The lowest BCUT2D eigenvalue weighted by molar-refractivity contribution is -0.110. The van der Waals surface area contributed by atoms with Gasteiger partial charge in [0.25, 0.3) is 0 Å². The fraction of sp³-hybridized carbons (Fsp3) is 0.0870. The average Bonchev–Trinajstić information content (AvgIpc) is 2.63. The zero-order valence-electron chi connectivity index (χ0n) is 14.6. The van der Waals surface area contributed by atoms with Crippen LogP contribution in [0, 0.1) is 0 Å². The Morgan fingerprint density at radius 1 is 0.808 bits per heavy atom. The number of rotatable bonds is 8. The number of phenols is 2. The van der Waals surface area contributed by atoms with Gasteiger partial charge in [0, 0.05) is 0 Å². The minimum absolute atomic E-state index is 0.151. The number of hydrogen-bond acceptors (Lipinski definition) is 3. The molecule has 0 saturated carbocycles. The van der Waals surface area contributed by atoms with Crippen molar-refractivity contribution in [3.8, 4) is 11.5 Å². The van der Waals surface area contributed by atoms with E-state index < -0.39 is 0 Å². The topological polar surface area (TPSA) is 57.5 Å². The van der Waals surface area contributed by atoms with Gasteiger partial charge in [-0.1, -0.05) is 36.4 Å². The van der Waals surface area contributed by atoms with E-state index in [1.54, 1.807) is 48.6 Å². The van der Waals surface area contributed by atoms with Crippen LogP contribution in [0.4, 0.5) is 0 Å². The Kier molecular flexibility index (Phi) is 6.75. The summed E-state index contributed by atoms with van der Waals surface area (Å²) in [4.78, 5) is 12.0. The Balaban J connectivity index is 2.08. The maximum atomic E-state index is 12.0. The van der Waals surface area contributed by atoms with Crippen molar-refractivity contribution in [3.63, 3.8) is 0 Å². The van der Waals surface area contributed by atoms with Gasteiger partial charge in [0.15, 0.2) is 5.78 Å². The SMILES string of the molecule is C=CCc1cc(/C=C/C(=O)/C=C/c2ccc(O)c(CC=C)c2)ccc1O. The van der Waals surface area contributed by atoms with Crippen LogP contribution in [0.25, 0.3) is 12.2 Å². The highest BCUT2D eigenvalue weighted by Crippen LogP contribution is 2.21. The molecule has 0 bridgehead atoms. The highest BCUT2D eigenvalue weighted by molar-refractivity contribution is 6.04. The van der Waals surface area contributed by atoms with Crippen molar-refractivity contribution in [1.29, 1.82) is 0 Å². The molecule has 2 aromatic carbocycles. The Morgan fingerprint density at radius 3 is 1.62 bits per heavy atom. The van der Waals surface area contributed by atoms with Crippen LogP contribution in [0.5, 0.6) is 11.5 Å². The van der Waals surface area contributed by atoms with E-state index in [0.717, 1.165) is 22.3 Å². The van der Waals surface area contributed by atoms with Crippen LogP contribution in [0.3, 0.4) is 0 Å². The molecule has 0 fully saturated rings. The maximum absolute atomic E-state index is 12.0. The molecule has 0 atom stereocenters. The molecule has 0 heterocycles. The summed E-state index contributed by atoms with van der Waals surface area (Å²) in [5.74, 6) is 0.286. The van der Waals surface area contributed by atoms with Gasteiger partial charge in [-0.15, -0.1) is 13.2 Å². The first-order valence-electron chi connectivity index (χ1n) is 8.29. The Labute approximate surface area is 153 Å². The highest BCUT2D eigenvalue weighted by atomic mass is 16.3. The summed E-state index contributed by atoms with van der Waals surface area (Å²) in [6.45, 7) is 7.33. The predicted octanol–water partition coefficient (Wildman–Crippen LogP) is 4.85. The smallest absolute Gasteiger partial charge is 0.178 e. The first-order valence-corrected chi connectivity index (χ1v) is 8.29. The summed E-state index contributed by atoms with van der Waals surface area (Å²) < 4.78 is 0. The normalized spacial score (nSPS) is 11.1. The molecule has 0 amide bonds. The monoisotopic (exact) mass is 346 g/mol. The number of ketones is 1. The van der Waals surface area contributed by atoms with Gasteiger partial charge in [0.05, 0.1) is 0 Å². The molecule has 2 rings (SSSR count). The van der Waals surface area contributed by atoms with Crippen LogP contribution in [-0.2, 0) is 17.6 Å². The molecule has 0 aliphatic heterocycles. The van der Waals surface area contributed by atoms with E-state index in [2.05, 4.69) is 13.2 Å². The maximum Gasteiger partial charge on any atom is 0.178 e. The number of carbonyl (C=O) groups excluding carboxylic acids is 1. The Morgan fingerprint density at radius 2 is 1.23 bits per heavy atom. The van der Waals surface area contributed by atoms with E-state index in [1.165, 1.54) is 12.2 Å². The summed E-state index contributed by atoms with van der Waals surface area (Å²) in [6.07, 6.45) is 10.9. The molecular weight excluding hydrogens is 324 g/mol. The molecular formula is C23H22O3. The number of aromatic hydroxyl groups is 2. The third-order valence-electron chi connectivity index (χ3n) is 3.82. The summed E-state index contributed by atoms with van der Waals surface area (Å²) in [6, 6.07) is 10.4. The minimum Gasteiger partial charge on any atom is -0.508 e. The van der Waals surface area contributed by atoms with Gasteiger partial charge in [-0.3, -0.25) is 4.79 Å². The molecule has 0 aliphatic rings. The zero-order chi connectivity index (χ0) is 18.9. The fourth-order valence-corrected chi connectivity index (χ4v) is 2.47. The van der Waals surface area contributed by atoms with Crippen molar-refractivity contribution < 1.29 is 15.0 Å². The van der Waals surface area contributed by atoms with E-state index in [1.807, 2.05) is 12.1 Å². The van der Waals surface area contributed by atoms with Crippen LogP contribution in [0.1, 0.15) is 22.3 Å². The molecule has 0 spiro atoms. The first-order chi connectivity index (χ1) is 12.5. The first kappa shape index (κ1) is 19.0. The van der Waals surface area contributed by atoms with Crippen molar-refractivity contribution >= 4 is 17.9 Å². The number of carbonyl (C=O) groups is 1. The summed E-state index contributed by atoms with van der Waals surface area (Å²) in [5, 5.41) is 19.5. The summed E-state index contributed by atoms with van der Waals surface area (Å²) in [7, 11) is 0. The molecule has 0 unspecified atom stereocenters. The van der Waals surface area contributed by atoms with Crippen molar-refractivity contribution in [2.24, 2.45) is 0 Å². The third kappa shape index (κ3) is 5.35. The molecule has 2 aromatic rings. The van der Waals surface area contributed by atoms with Gasteiger partial charge < -0.3 is 10.2 Å². The van der Waals surface area contributed by atoms with E-state index in [9.17, 15) is 15.0 Å². The second-order valence-electron chi connectivity index (χ2n) is 5.83. The second kappa shape index (κ2) is 9.23. The summed E-state index contributed by atoms with van der Waals surface area (Å²) in [5.41, 5.74) is 3.20. The van der Waals surface area contributed by atoms with E-state index in [-0.39, 0.29) is 17.3 Å². The van der Waals surface area contributed by atoms with Crippen molar-refractivity contribution in [1.82, 2.24) is 0 Å². The van der Waals surface area contributed by atoms with Crippen molar-refractivity contribution in [2.45, 2.75) is 12.8 Å². The van der Waals surface area contributed by atoms with Crippen LogP contribution < -0.4 is 0 Å². The lowest BCUT2D eigenvalue weighted by Crippen LogP contribution is -1.88. The lowest BCUT2D eigenvalue weighted by Gasteiger charge is -2.03. The minimum atomic E-state index is -0.151. The van der Waals surface area contributed by atoms with Gasteiger partial charge >= 0.3 is 0 Å². The number of benzene rings is 2. The molecule has 0 radical (unpaired) electrons. The molecule has 0 aliphatic carbocycles. The third-order valence-corrected chi connectivity index (χ3v) is 3.82. The molecule has 2 N–H and O–H groups in total. The predicted molar refractivity (Wildman–Crippen MR) is 107 cm³/mol. The van der Waals surface area contributed by atoms with E-state index in [0.29, 0.717) is 12.8 Å². The Bertz CT molecular complexity index is 802. The van der Waals surface area contributed by atoms with E-state index >= 15 is 0 Å². The quantitative estimate of drug-likeness (QED) is 0.530. The van der Waals surface area contributed by atoms with Crippen LogP contribution >= 0.6 is 0 Å². The Hall–Kier alpha value is -3.33. The van der Waals surface area contributed by atoms with Gasteiger partial charge in [-0.25, -0.2) is 0 Å². The molecule has 3 nitrogen and oxygen atoms in total. The highest BCUT2D eigenvalue weighted by Gasteiger charge is 2.01. The van der Waals surface area contributed by atoms with E-state index in [4.69, 9.17) is 0 Å². The summed E-state index contributed by atoms with van der Waals surface area (Å²) >= 11 is 0. The lowest BCUT2D eigenvalue weighted by atomic mass is 10.1. The molecule has 26 heavy (non-hydrogen) atoms. The van der Waals surface area contributed by atoms with Gasteiger partial charge in [0.2, 0.25) is 0 Å². The number of allylic oxidation sites excluding steroid dienone is 4. The van der Waals surface area contributed by atoms with Crippen molar-refractivity contribution in [2.75, 3.05) is 0 Å². The second-order valence-corrected chi connectivity index (χ2v) is 5.83. The van der Waals surface area contributed by atoms with Gasteiger partial charge in [0.1, 0.15) is 11.5 Å². The van der Waals surface area contributed by atoms with Crippen LogP contribution in [-0.4, -0.2) is 16.0 Å². The number of hydrogen-bond donors (Lipinski definition) is 2. The van der Waals surface area contributed by atoms with Crippen LogP contribution in [0.2, 0.25) is 0 Å².